The highest BCUT2D eigenvalue weighted by Crippen LogP contribution is 2.29. The van der Waals surface area contributed by atoms with Gasteiger partial charge in [-0.15, -0.1) is 0 Å². The number of nitrogens with zero attached hydrogens (tertiary/aromatic N) is 1. The van der Waals surface area contributed by atoms with Crippen molar-refractivity contribution in [3.05, 3.63) is 42.5 Å². The first-order valence-corrected chi connectivity index (χ1v) is 7.83. The number of likely N-dealkylation sites (tertiary alicyclic amines) is 1. The third-order valence-corrected chi connectivity index (χ3v) is 4.37. The summed E-state index contributed by atoms with van der Waals surface area (Å²) in [6.45, 7) is 11.1. The van der Waals surface area contributed by atoms with E-state index in [-0.39, 0.29) is 0 Å². The van der Waals surface area contributed by atoms with Crippen LogP contribution in [0.1, 0.15) is 25.3 Å². The topological polar surface area (TPSA) is 24.5 Å². The minimum atomic E-state index is 0.444. The Morgan fingerprint density at radius 1 is 1.29 bits per heavy atom. The first-order chi connectivity index (χ1) is 10.1. The molecule has 0 spiro atoms. The van der Waals surface area contributed by atoms with Gasteiger partial charge in [-0.2, -0.15) is 0 Å². The summed E-state index contributed by atoms with van der Waals surface area (Å²) in [6.07, 6.45) is 4.33. The number of piperidine rings is 1. The van der Waals surface area contributed by atoms with Gasteiger partial charge in [0.1, 0.15) is 12.4 Å². The monoisotopic (exact) mass is 288 g/mol. The molecule has 0 aliphatic carbocycles. The van der Waals surface area contributed by atoms with E-state index in [1.54, 1.807) is 6.08 Å². The van der Waals surface area contributed by atoms with Gasteiger partial charge in [0.05, 0.1) is 0 Å². The van der Waals surface area contributed by atoms with Crippen molar-refractivity contribution in [3.63, 3.8) is 0 Å². The van der Waals surface area contributed by atoms with Gasteiger partial charge in [0.15, 0.2) is 0 Å². The number of nitrogens with one attached hydrogen (secondary N) is 1. The van der Waals surface area contributed by atoms with E-state index < -0.39 is 0 Å². The highest BCUT2D eigenvalue weighted by molar-refractivity contribution is 5.27. The highest BCUT2D eigenvalue weighted by Gasteiger charge is 2.28. The molecule has 3 nitrogen and oxygen atoms in total. The maximum absolute atomic E-state index is 5.49. The lowest BCUT2D eigenvalue weighted by Gasteiger charge is -2.38. The molecule has 1 aromatic carbocycles. The normalized spacial score (nSPS) is 18.4. The standard InChI is InChI=1S/C18H28N2O/c1-4-13-21-17-7-5-16(6-8-17)14-19-15-18(2)9-11-20(3)12-10-18/h4-8,19H,1,9-15H2,2-3H3. The van der Waals surface area contributed by atoms with Gasteiger partial charge in [-0.3, -0.25) is 0 Å². The smallest absolute Gasteiger partial charge is 0.119 e. The molecule has 1 fully saturated rings. The van der Waals surface area contributed by atoms with Crippen molar-refractivity contribution in [2.45, 2.75) is 26.3 Å². The molecule has 0 amide bonds. The molecule has 0 atom stereocenters. The maximum atomic E-state index is 5.49. The molecule has 21 heavy (non-hydrogen) atoms. The van der Waals surface area contributed by atoms with Crippen LogP contribution in [0, 0.1) is 5.41 Å². The number of hydrogen-bond acceptors (Lipinski definition) is 3. The Bertz CT molecular complexity index is 433. The fourth-order valence-electron chi connectivity index (χ4n) is 2.70. The van der Waals surface area contributed by atoms with Crippen LogP contribution >= 0.6 is 0 Å². The summed E-state index contributed by atoms with van der Waals surface area (Å²) in [7, 11) is 2.21. The van der Waals surface area contributed by atoms with Gasteiger partial charge in [-0.05, 0) is 56.1 Å². The molecule has 1 aromatic rings. The summed E-state index contributed by atoms with van der Waals surface area (Å²) in [6, 6.07) is 8.31. The lowest BCUT2D eigenvalue weighted by molar-refractivity contribution is 0.137. The van der Waals surface area contributed by atoms with E-state index in [4.69, 9.17) is 4.74 Å². The van der Waals surface area contributed by atoms with Gasteiger partial charge in [-0.25, -0.2) is 0 Å². The first-order valence-electron chi connectivity index (χ1n) is 7.83. The summed E-state index contributed by atoms with van der Waals surface area (Å²) in [5, 5.41) is 3.61. The summed E-state index contributed by atoms with van der Waals surface area (Å²) in [5.74, 6) is 0.904. The van der Waals surface area contributed by atoms with Gasteiger partial charge in [-0.1, -0.05) is 31.7 Å². The van der Waals surface area contributed by atoms with Crippen LogP contribution in [0.3, 0.4) is 0 Å². The van der Waals surface area contributed by atoms with Crippen LogP contribution in [-0.2, 0) is 6.54 Å². The van der Waals surface area contributed by atoms with Gasteiger partial charge in [0, 0.05) is 13.1 Å². The lowest BCUT2D eigenvalue weighted by atomic mass is 9.80. The van der Waals surface area contributed by atoms with E-state index in [2.05, 4.69) is 42.9 Å². The molecule has 1 heterocycles. The molecule has 116 valence electrons. The number of hydrogen-bond donors (Lipinski definition) is 1. The molecule has 3 heteroatoms. The van der Waals surface area contributed by atoms with Crippen molar-refractivity contribution in [2.24, 2.45) is 5.41 Å². The minimum absolute atomic E-state index is 0.444. The molecule has 1 saturated heterocycles. The van der Waals surface area contributed by atoms with Gasteiger partial charge < -0.3 is 15.0 Å². The Kier molecular flexibility index (Phi) is 5.83. The quantitative estimate of drug-likeness (QED) is 0.780. The molecule has 1 N–H and O–H groups in total. The maximum Gasteiger partial charge on any atom is 0.119 e. The van der Waals surface area contributed by atoms with Crippen LogP contribution in [0.15, 0.2) is 36.9 Å². The molecule has 2 rings (SSSR count). The third kappa shape index (κ3) is 5.18. The second-order valence-electron chi connectivity index (χ2n) is 6.46. The third-order valence-electron chi connectivity index (χ3n) is 4.37. The van der Waals surface area contributed by atoms with Gasteiger partial charge in [0.2, 0.25) is 0 Å². The molecule has 1 aliphatic heterocycles. The Hall–Kier alpha value is -1.32. The van der Waals surface area contributed by atoms with Crippen LogP contribution in [0.4, 0.5) is 0 Å². The van der Waals surface area contributed by atoms with E-state index in [1.165, 1.54) is 31.5 Å². The molecular weight excluding hydrogens is 260 g/mol. The van der Waals surface area contributed by atoms with Crippen molar-refractivity contribution in [2.75, 3.05) is 33.3 Å². The zero-order valence-electron chi connectivity index (χ0n) is 13.4. The van der Waals surface area contributed by atoms with E-state index in [0.717, 1.165) is 18.8 Å². The lowest BCUT2D eigenvalue weighted by Crippen LogP contribution is -2.41. The summed E-state index contributed by atoms with van der Waals surface area (Å²) in [5.41, 5.74) is 1.75. The Morgan fingerprint density at radius 2 is 1.95 bits per heavy atom. The fraction of sp³-hybridized carbons (Fsp3) is 0.556. The van der Waals surface area contributed by atoms with Crippen LogP contribution in [0.2, 0.25) is 0 Å². The zero-order chi connectivity index (χ0) is 15.1. The number of rotatable bonds is 7. The van der Waals surface area contributed by atoms with Gasteiger partial charge >= 0.3 is 0 Å². The van der Waals surface area contributed by atoms with E-state index in [0.29, 0.717) is 12.0 Å². The molecule has 0 aromatic heterocycles. The average Bonchev–Trinajstić information content (AvgIpc) is 2.50. The number of benzene rings is 1. The summed E-state index contributed by atoms with van der Waals surface area (Å²) in [4.78, 5) is 2.42. The van der Waals surface area contributed by atoms with Crippen LogP contribution in [-0.4, -0.2) is 38.2 Å². The van der Waals surface area contributed by atoms with Crippen molar-refractivity contribution >= 4 is 0 Å². The molecule has 0 bridgehead atoms. The predicted octanol–water partition coefficient (Wildman–Crippen LogP) is 3.07. The molecular formula is C18H28N2O. The Labute approximate surface area is 129 Å². The second-order valence-corrected chi connectivity index (χ2v) is 6.46. The van der Waals surface area contributed by atoms with Crippen molar-refractivity contribution in [1.29, 1.82) is 0 Å². The average molecular weight is 288 g/mol. The first kappa shape index (κ1) is 16.1. The SMILES string of the molecule is C=CCOc1ccc(CNCC2(C)CCN(C)CC2)cc1. The van der Waals surface area contributed by atoms with Gasteiger partial charge in [0.25, 0.3) is 0 Å². The summed E-state index contributed by atoms with van der Waals surface area (Å²) < 4.78 is 5.49. The van der Waals surface area contributed by atoms with Crippen LogP contribution < -0.4 is 10.1 Å². The summed E-state index contributed by atoms with van der Waals surface area (Å²) >= 11 is 0. The van der Waals surface area contributed by atoms with Crippen molar-refractivity contribution < 1.29 is 4.74 Å². The van der Waals surface area contributed by atoms with E-state index in [9.17, 15) is 0 Å². The number of ether oxygens (including phenoxy) is 1. The molecule has 1 aliphatic rings. The molecule has 0 saturated carbocycles. The largest absolute Gasteiger partial charge is 0.490 e. The van der Waals surface area contributed by atoms with Crippen LogP contribution in [0.5, 0.6) is 5.75 Å². The molecule has 0 unspecified atom stereocenters. The van der Waals surface area contributed by atoms with Crippen LogP contribution in [0.25, 0.3) is 0 Å². The highest BCUT2D eigenvalue weighted by atomic mass is 16.5. The fourth-order valence-corrected chi connectivity index (χ4v) is 2.70. The zero-order valence-corrected chi connectivity index (χ0v) is 13.4. The minimum Gasteiger partial charge on any atom is -0.490 e. The Morgan fingerprint density at radius 3 is 2.57 bits per heavy atom. The van der Waals surface area contributed by atoms with Crippen molar-refractivity contribution in [1.82, 2.24) is 10.2 Å². The van der Waals surface area contributed by atoms with Crippen molar-refractivity contribution in [3.8, 4) is 5.75 Å². The predicted molar refractivity (Wildman–Crippen MR) is 88.7 cm³/mol. The van der Waals surface area contributed by atoms with E-state index >= 15 is 0 Å². The second kappa shape index (κ2) is 7.62. The molecule has 0 radical (unpaired) electrons. The Balaban J connectivity index is 1.74. The van der Waals surface area contributed by atoms with E-state index in [1.807, 2.05) is 12.1 Å².